The lowest BCUT2D eigenvalue weighted by molar-refractivity contribution is -0.153. The van der Waals surface area contributed by atoms with E-state index in [1.165, 1.54) is 7.11 Å². The largest absolute Gasteiger partial charge is 0.495 e. The molecule has 0 bridgehead atoms. The predicted octanol–water partition coefficient (Wildman–Crippen LogP) is 4.54. The van der Waals surface area contributed by atoms with Gasteiger partial charge in [0.1, 0.15) is 22.7 Å². The Bertz CT molecular complexity index is 1230. The fourth-order valence-corrected chi connectivity index (χ4v) is 3.21. The maximum absolute atomic E-state index is 12.4. The third-order valence-electron chi connectivity index (χ3n) is 4.71. The van der Waals surface area contributed by atoms with Crippen molar-refractivity contribution in [3.8, 4) is 11.5 Å². The average Bonchev–Trinajstić information content (AvgIpc) is 3.14. The predicted molar refractivity (Wildman–Crippen MR) is 116 cm³/mol. The fraction of sp³-hybridized carbons (Fsp3) is 0.167. The van der Waals surface area contributed by atoms with Gasteiger partial charge in [-0.3, -0.25) is 4.79 Å². The molecule has 0 radical (unpaired) electrons. The van der Waals surface area contributed by atoms with Crippen LogP contribution in [0.5, 0.6) is 11.5 Å². The van der Waals surface area contributed by atoms with Crippen LogP contribution in [0, 0.1) is 0 Å². The number of carbonyl (C=O) groups is 2. The van der Waals surface area contributed by atoms with E-state index in [1.807, 2.05) is 30.3 Å². The molecule has 0 saturated heterocycles. The summed E-state index contributed by atoms with van der Waals surface area (Å²) in [5.74, 6) is -0.132. The number of nitrogens with one attached hydrogen (secondary N) is 1. The summed E-state index contributed by atoms with van der Waals surface area (Å²) in [6.45, 7) is 1.11. The standard InChI is InChI=1S/C24H21NO6/c1-15(30-16-8-4-3-5-9-16)24(27)29-14-23(26)25-19-13-21-18(12-22(19)28-2)17-10-6-7-11-20(17)31-21/h3-13,15H,14H2,1-2H3,(H,25,26)/t15-/m1/s1. The molecule has 0 fully saturated rings. The zero-order valence-electron chi connectivity index (χ0n) is 17.1. The number of carbonyl (C=O) groups excluding carboxylic acids is 2. The van der Waals surface area contributed by atoms with Crippen molar-refractivity contribution in [2.75, 3.05) is 19.0 Å². The van der Waals surface area contributed by atoms with Crippen molar-refractivity contribution in [2.45, 2.75) is 13.0 Å². The number of para-hydroxylation sites is 2. The number of esters is 1. The Morgan fingerprint density at radius 3 is 2.48 bits per heavy atom. The van der Waals surface area contributed by atoms with Gasteiger partial charge in [-0.25, -0.2) is 4.79 Å². The van der Waals surface area contributed by atoms with Crippen LogP contribution in [-0.2, 0) is 14.3 Å². The molecular weight excluding hydrogens is 398 g/mol. The van der Waals surface area contributed by atoms with Crippen LogP contribution in [0.4, 0.5) is 5.69 Å². The molecule has 4 rings (SSSR count). The van der Waals surface area contributed by atoms with Crippen LogP contribution in [0.2, 0.25) is 0 Å². The number of rotatable bonds is 7. The highest BCUT2D eigenvalue weighted by molar-refractivity contribution is 6.07. The van der Waals surface area contributed by atoms with Gasteiger partial charge in [0.15, 0.2) is 12.7 Å². The number of anilines is 1. The van der Waals surface area contributed by atoms with E-state index in [0.29, 0.717) is 22.8 Å². The van der Waals surface area contributed by atoms with Gasteiger partial charge in [0, 0.05) is 16.8 Å². The van der Waals surface area contributed by atoms with Crippen LogP contribution < -0.4 is 14.8 Å². The molecule has 0 spiro atoms. The van der Waals surface area contributed by atoms with Crippen molar-refractivity contribution >= 4 is 39.5 Å². The third-order valence-corrected chi connectivity index (χ3v) is 4.71. The van der Waals surface area contributed by atoms with Crippen LogP contribution in [0.1, 0.15) is 6.92 Å². The lowest BCUT2D eigenvalue weighted by Gasteiger charge is -2.14. The Morgan fingerprint density at radius 1 is 0.968 bits per heavy atom. The molecule has 7 nitrogen and oxygen atoms in total. The minimum absolute atomic E-state index is 0.420. The minimum atomic E-state index is -0.850. The Labute approximate surface area is 178 Å². The summed E-state index contributed by atoms with van der Waals surface area (Å²) in [6.07, 6.45) is -0.850. The van der Waals surface area contributed by atoms with Crippen LogP contribution in [0.25, 0.3) is 21.9 Å². The van der Waals surface area contributed by atoms with E-state index in [9.17, 15) is 9.59 Å². The van der Waals surface area contributed by atoms with Gasteiger partial charge in [-0.1, -0.05) is 36.4 Å². The number of benzene rings is 3. The Balaban J connectivity index is 1.42. The number of ether oxygens (including phenoxy) is 3. The molecule has 1 atom stereocenters. The van der Waals surface area contributed by atoms with Gasteiger partial charge in [0.2, 0.25) is 0 Å². The molecule has 7 heteroatoms. The van der Waals surface area contributed by atoms with E-state index >= 15 is 0 Å². The van der Waals surface area contributed by atoms with Crippen LogP contribution in [0.15, 0.2) is 71.1 Å². The second-order valence-corrected chi connectivity index (χ2v) is 6.88. The van der Waals surface area contributed by atoms with Crippen molar-refractivity contribution in [3.63, 3.8) is 0 Å². The molecule has 1 aromatic heterocycles. The topological polar surface area (TPSA) is 87.0 Å². The van der Waals surface area contributed by atoms with Crippen molar-refractivity contribution in [1.29, 1.82) is 0 Å². The van der Waals surface area contributed by atoms with E-state index in [2.05, 4.69) is 5.32 Å². The molecule has 1 amide bonds. The number of amides is 1. The summed E-state index contributed by atoms with van der Waals surface area (Å²) < 4.78 is 21.9. The second kappa shape index (κ2) is 8.79. The van der Waals surface area contributed by atoms with E-state index < -0.39 is 24.6 Å². The summed E-state index contributed by atoms with van der Waals surface area (Å²) in [7, 11) is 1.52. The van der Waals surface area contributed by atoms with Gasteiger partial charge in [-0.05, 0) is 31.2 Å². The summed E-state index contributed by atoms with van der Waals surface area (Å²) >= 11 is 0. The quantitative estimate of drug-likeness (QED) is 0.443. The first-order chi connectivity index (χ1) is 15.0. The maximum atomic E-state index is 12.4. The smallest absolute Gasteiger partial charge is 0.347 e. The normalized spacial score (nSPS) is 11.8. The van der Waals surface area contributed by atoms with E-state index in [4.69, 9.17) is 18.6 Å². The minimum Gasteiger partial charge on any atom is -0.495 e. The highest BCUT2D eigenvalue weighted by Crippen LogP contribution is 2.36. The number of fused-ring (bicyclic) bond motifs is 3. The Hall–Kier alpha value is -4.00. The molecule has 158 valence electrons. The zero-order chi connectivity index (χ0) is 21.8. The summed E-state index contributed by atoms with van der Waals surface area (Å²) in [6, 6.07) is 20.0. The fourth-order valence-electron chi connectivity index (χ4n) is 3.21. The van der Waals surface area contributed by atoms with E-state index in [1.54, 1.807) is 43.3 Å². The molecule has 0 aliphatic heterocycles. The van der Waals surface area contributed by atoms with Crippen molar-refractivity contribution < 1.29 is 28.2 Å². The second-order valence-electron chi connectivity index (χ2n) is 6.88. The number of hydrogen-bond donors (Lipinski definition) is 1. The molecule has 0 aliphatic rings. The zero-order valence-corrected chi connectivity index (χ0v) is 17.1. The third kappa shape index (κ3) is 4.45. The summed E-state index contributed by atoms with van der Waals surface area (Å²) in [5.41, 5.74) is 1.77. The van der Waals surface area contributed by atoms with Gasteiger partial charge in [0.25, 0.3) is 5.91 Å². The van der Waals surface area contributed by atoms with Gasteiger partial charge >= 0.3 is 5.97 Å². The van der Waals surface area contributed by atoms with Gasteiger partial charge in [-0.2, -0.15) is 0 Å². The van der Waals surface area contributed by atoms with Crippen molar-refractivity contribution in [1.82, 2.24) is 0 Å². The average molecular weight is 419 g/mol. The van der Waals surface area contributed by atoms with Gasteiger partial charge < -0.3 is 23.9 Å². The number of hydrogen-bond acceptors (Lipinski definition) is 6. The van der Waals surface area contributed by atoms with Crippen LogP contribution in [-0.4, -0.2) is 31.7 Å². The molecule has 1 heterocycles. The molecule has 1 N–H and O–H groups in total. The lowest BCUT2D eigenvalue weighted by atomic mass is 10.1. The molecule has 0 unspecified atom stereocenters. The Kier molecular flexibility index (Phi) is 5.75. The first-order valence-electron chi connectivity index (χ1n) is 9.72. The molecule has 0 aliphatic carbocycles. The first kappa shape index (κ1) is 20.3. The van der Waals surface area contributed by atoms with Gasteiger partial charge in [0.05, 0.1) is 12.8 Å². The molecule has 3 aromatic carbocycles. The highest BCUT2D eigenvalue weighted by Gasteiger charge is 2.19. The van der Waals surface area contributed by atoms with Gasteiger partial charge in [-0.15, -0.1) is 0 Å². The Morgan fingerprint density at radius 2 is 1.71 bits per heavy atom. The van der Waals surface area contributed by atoms with E-state index in [0.717, 1.165) is 16.4 Å². The summed E-state index contributed by atoms with van der Waals surface area (Å²) in [4.78, 5) is 24.5. The van der Waals surface area contributed by atoms with E-state index in [-0.39, 0.29) is 0 Å². The van der Waals surface area contributed by atoms with Crippen molar-refractivity contribution in [2.24, 2.45) is 0 Å². The van der Waals surface area contributed by atoms with Crippen LogP contribution >= 0.6 is 0 Å². The summed E-state index contributed by atoms with van der Waals surface area (Å²) in [5, 5.41) is 4.53. The SMILES string of the molecule is COc1cc2c(cc1NC(=O)COC(=O)[C@@H](C)Oc1ccccc1)oc1ccccc12. The van der Waals surface area contributed by atoms with Crippen molar-refractivity contribution in [3.05, 3.63) is 66.7 Å². The molecular formula is C24H21NO6. The molecule has 0 saturated carbocycles. The highest BCUT2D eigenvalue weighted by atomic mass is 16.6. The number of methoxy groups -OCH3 is 1. The maximum Gasteiger partial charge on any atom is 0.347 e. The molecule has 31 heavy (non-hydrogen) atoms. The monoisotopic (exact) mass is 419 g/mol. The number of furan rings is 1. The first-order valence-corrected chi connectivity index (χ1v) is 9.72. The molecule has 4 aromatic rings. The van der Waals surface area contributed by atoms with Crippen LogP contribution in [0.3, 0.4) is 0 Å². The lowest BCUT2D eigenvalue weighted by Crippen LogP contribution is -2.29.